The van der Waals surface area contributed by atoms with Crippen molar-refractivity contribution in [3.63, 3.8) is 0 Å². The number of nitrogens with one attached hydrogen (secondary N) is 2. The number of amides is 1. The van der Waals surface area contributed by atoms with E-state index in [2.05, 4.69) is 17.6 Å². The molecule has 110 valence electrons. The molecule has 1 fully saturated rings. The average Bonchev–Trinajstić information content (AvgIpc) is 2.89. The van der Waals surface area contributed by atoms with Crippen LogP contribution >= 0.6 is 11.6 Å². The Morgan fingerprint density at radius 2 is 2.25 bits per heavy atom. The van der Waals surface area contributed by atoms with Gasteiger partial charge in [0.05, 0.1) is 11.5 Å². The predicted molar refractivity (Wildman–Crippen MR) is 82.8 cm³/mol. The summed E-state index contributed by atoms with van der Waals surface area (Å²) in [6.45, 7) is 5.82. The standard InChI is InChI=1S/C16H23ClN2O/c1-3-8-16(9-10-18-11-16)15(20)19-12(2)13-6-4-5-7-14(13)17/h4-7,12,18H,3,8-11H2,1-2H3,(H,19,20). The van der Waals surface area contributed by atoms with Crippen molar-refractivity contribution in [2.75, 3.05) is 13.1 Å². The molecule has 2 N–H and O–H groups in total. The van der Waals surface area contributed by atoms with Crippen LogP contribution in [0.25, 0.3) is 0 Å². The first-order chi connectivity index (χ1) is 9.59. The number of hydrogen-bond donors (Lipinski definition) is 2. The molecule has 4 heteroatoms. The third-order valence-corrected chi connectivity index (χ3v) is 4.52. The van der Waals surface area contributed by atoms with E-state index in [1.807, 2.05) is 31.2 Å². The fraction of sp³-hybridized carbons (Fsp3) is 0.562. The van der Waals surface area contributed by atoms with Gasteiger partial charge in [-0.25, -0.2) is 0 Å². The quantitative estimate of drug-likeness (QED) is 0.875. The topological polar surface area (TPSA) is 41.1 Å². The van der Waals surface area contributed by atoms with Gasteiger partial charge in [0.2, 0.25) is 5.91 Å². The minimum atomic E-state index is -0.246. The summed E-state index contributed by atoms with van der Waals surface area (Å²) in [6, 6.07) is 7.61. The predicted octanol–water partition coefficient (Wildman–Crippen LogP) is 3.30. The highest BCUT2D eigenvalue weighted by molar-refractivity contribution is 6.31. The van der Waals surface area contributed by atoms with Gasteiger partial charge in [0.25, 0.3) is 0 Å². The van der Waals surface area contributed by atoms with E-state index >= 15 is 0 Å². The Labute approximate surface area is 126 Å². The summed E-state index contributed by atoms with van der Waals surface area (Å²) < 4.78 is 0. The maximum Gasteiger partial charge on any atom is 0.228 e. The SMILES string of the molecule is CCCC1(C(=O)NC(C)c2ccccc2Cl)CCNC1. The summed E-state index contributed by atoms with van der Waals surface area (Å²) in [7, 11) is 0. The van der Waals surface area contributed by atoms with E-state index < -0.39 is 0 Å². The average molecular weight is 295 g/mol. The zero-order chi connectivity index (χ0) is 14.6. The van der Waals surface area contributed by atoms with Crippen molar-refractivity contribution in [1.82, 2.24) is 10.6 Å². The molecule has 0 aromatic heterocycles. The lowest BCUT2D eigenvalue weighted by atomic mass is 9.81. The Bertz CT molecular complexity index is 469. The molecular formula is C16H23ClN2O. The third-order valence-electron chi connectivity index (χ3n) is 4.17. The van der Waals surface area contributed by atoms with Crippen LogP contribution in [0.15, 0.2) is 24.3 Å². The van der Waals surface area contributed by atoms with Gasteiger partial charge in [0.15, 0.2) is 0 Å². The minimum absolute atomic E-state index is 0.0643. The molecule has 0 saturated carbocycles. The zero-order valence-corrected chi connectivity index (χ0v) is 13.0. The van der Waals surface area contributed by atoms with Gasteiger partial charge >= 0.3 is 0 Å². The van der Waals surface area contributed by atoms with Crippen molar-refractivity contribution in [1.29, 1.82) is 0 Å². The summed E-state index contributed by atoms with van der Waals surface area (Å²) in [6.07, 6.45) is 2.87. The van der Waals surface area contributed by atoms with Gasteiger partial charge in [-0.1, -0.05) is 43.1 Å². The lowest BCUT2D eigenvalue weighted by Gasteiger charge is -2.28. The molecule has 1 aliphatic rings. The summed E-state index contributed by atoms with van der Waals surface area (Å²) in [5, 5.41) is 7.16. The van der Waals surface area contributed by atoms with Crippen LogP contribution in [0, 0.1) is 5.41 Å². The molecule has 0 radical (unpaired) electrons. The van der Waals surface area contributed by atoms with Crippen molar-refractivity contribution in [3.05, 3.63) is 34.9 Å². The van der Waals surface area contributed by atoms with Gasteiger partial charge in [-0.2, -0.15) is 0 Å². The van der Waals surface area contributed by atoms with Crippen molar-refractivity contribution < 1.29 is 4.79 Å². The van der Waals surface area contributed by atoms with Crippen LogP contribution in [0.4, 0.5) is 0 Å². The smallest absolute Gasteiger partial charge is 0.228 e. The van der Waals surface area contributed by atoms with Crippen LogP contribution in [-0.4, -0.2) is 19.0 Å². The summed E-state index contributed by atoms with van der Waals surface area (Å²) in [5.41, 5.74) is 0.727. The normalized spacial score (nSPS) is 23.6. The molecule has 2 atom stereocenters. The van der Waals surface area contributed by atoms with Crippen LogP contribution in [0.1, 0.15) is 44.7 Å². The molecule has 1 saturated heterocycles. The number of hydrogen-bond acceptors (Lipinski definition) is 2. The molecular weight excluding hydrogens is 272 g/mol. The fourth-order valence-electron chi connectivity index (χ4n) is 3.00. The van der Waals surface area contributed by atoms with Crippen LogP contribution in [0.3, 0.4) is 0 Å². The van der Waals surface area contributed by atoms with Gasteiger partial charge < -0.3 is 10.6 Å². The van der Waals surface area contributed by atoms with Crippen LogP contribution in [0.2, 0.25) is 5.02 Å². The molecule has 3 nitrogen and oxygen atoms in total. The Kier molecular flexibility index (Phi) is 5.06. The van der Waals surface area contributed by atoms with Gasteiger partial charge in [-0.05, 0) is 37.9 Å². The lowest BCUT2D eigenvalue weighted by molar-refractivity contribution is -0.131. The second-order valence-corrected chi connectivity index (χ2v) is 6.08. The van der Waals surface area contributed by atoms with Crippen LogP contribution in [0.5, 0.6) is 0 Å². The largest absolute Gasteiger partial charge is 0.349 e. The molecule has 1 aromatic rings. The van der Waals surface area contributed by atoms with Gasteiger partial charge in [0, 0.05) is 11.6 Å². The van der Waals surface area contributed by atoms with Gasteiger partial charge in [-0.15, -0.1) is 0 Å². The van der Waals surface area contributed by atoms with E-state index in [1.54, 1.807) is 0 Å². The molecule has 1 heterocycles. The van der Waals surface area contributed by atoms with Crippen LogP contribution in [-0.2, 0) is 4.79 Å². The van der Waals surface area contributed by atoms with Crippen molar-refractivity contribution in [2.24, 2.45) is 5.41 Å². The molecule has 0 spiro atoms. The maximum absolute atomic E-state index is 12.7. The van der Waals surface area contributed by atoms with Crippen molar-refractivity contribution >= 4 is 17.5 Å². The molecule has 2 rings (SSSR count). The van der Waals surface area contributed by atoms with E-state index in [1.165, 1.54) is 0 Å². The summed E-state index contributed by atoms with van der Waals surface area (Å²) in [4.78, 5) is 12.7. The molecule has 20 heavy (non-hydrogen) atoms. The van der Waals surface area contributed by atoms with Gasteiger partial charge in [0.1, 0.15) is 0 Å². The number of carbonyl (C=O) groups is 1. The maximum atomic E-state index is 12.7. The van der Waals surface area contributed by atoms with Crippen molar-refractivity contribution in [3.8, 4) is 0 Å². The number of benzene rings is 1. The molecule has 0 bridgehead atoms. The van der Waals surface area contributed by atoms with Gasteiger partial charge in [-0.3, -0.25) is 4.79 Å². The lowest BCUT2D eigenvalue weighted by Crippen LogP contribution is -2.43. The third kappa shape index (κ3) is 3.15. The number of halogens is 1. The van der Waals surface area contributed by atoms with Crippen molar-refractivity contribution in [2.45, 2.75) is 39.2 Å². The highest BCUT2D eigenvalue weighted by Gasteiger charge is 2.40. The van der Waals surface area contributed by atoms with E-state index in [9.17, 15) is 4.79 Å². The second kappa shape index (κ2) is 6.59. The van der Waals surface area contributed by atoms with E-state index in [4.69, 9.17) is 11.6 Å². The van der Waals surface area contributed by atoms with Crippen LogP contribution < -0.4 is 10.6 Å². The summed E-state index contributed by atoms with van der Waals surface area (Å²) in [5.74, 6) is 0.150. The zero-order valence-electron chi connectivity index (χ0n) is 12.2. The van der Waals surface area contributed by atoms with E-state index in [0.29, 0.717) is 5.02 Å². The first-order valence-electron chi connectivity index (χ1n) is 7.35. The molecule has 1 aliphatic heterocycles. The Morgan fingerprint density at radius 3 is 2.85 bits per heavy atom. The van der Waals surface area contributed by atoms with E-state index in [0.717, 1.165) is 37.9 Å². The molecule has 2 unspecified atom stereocenters. The first-order valence-corrected chi connectivity index (χ1v) is 7.73. The second-order valence-electron chi connectivity index (χ2n) is 5.67. The Hall–Kier alpha value is -1.06. The number of carbonyl (C=O) groups excluding carboxylic acids is 1. The fourth-order valence-corrected chi connectivity index (χ4v) is 3.30. The Balaban J connectivity index is 2.08. The molecule has 0 aliphatic carbocycles. The summed E-state index contributed by atoms with van der Waals surface area (Å²) >= 11 is 6.19. The monoisotopic (exact) mass is 294 g/mol. The molecule has 1 aromatic carbocycles. The molecule has 1 amide bonds. The highest BCUT2D eigenvalue weighted by atomic mass is 35.5. The minimum Gasteiger partial charge on any atom is -0.349 e. The first kappa shape index (κ1) is 15.3. The Morgan fingerprint density at radius 1 is 1.50 bits per heavy atom. The van der Waals surface area contributed by atoms with E-state index in [-0.39, 0.29) is 17.4 Å². The number of rotatable bonds is 5. The highest BCUT2D eigenvalue weighted by Crippen LogP contribution is 2.32.